The molecule has 0 rings (SSSR count). The first-order valence-corrected chi connectivity index (χ1v) is 13.2. The number of ether oxygens (including phenoxy) is 6. The van der Waals surface area contributed by atoms with Gasteiger partial charge in [0.2, 0.25) is 0 Å². The molecule has 0 bridgehead atoms. The van der Waals surface area contributed by atoms with Gasteiger partial charge in [0.25, 0.3) is 0 Å². The van der Waals surface area contributed by atoms with Crippen LogP contribution in [0.2, 0.25) is 12.6 Å². The summed E-state index contributed by atoms with van der Waals surface area (Å²) < 4.78 is 34.1. The summed E-state index contributed by atoms with van der Waals surface area (Å²) in [5, 5.41) is 0. The van der Waals surface area contributed by atoms with E-state index in [0.29, 0.717) is 39.1 Å². The number of hydrogen-bond acceptors (Lipinski definition) is 6. The zero-order valence-corrected chi connectivity index (χ0v) is 23.9. The molecule has 0 aliphatic rings. The SMILES string of the molecule is CCC(C)OC(COC(C)C)COC(C)C.[B]CC(C)OCC(COC(C)C[B])OC(C)CC. The number of rotatable bonds is 20. The van der Waals surface area contributed by atoms with Crippen LogP contribution < -0.4 is 0 Å². The van der Waals surface area contributed by atoms with E-state index in [0.717, 1.165) is 12.8 Å². The molecule has 0 fully saturated rings. The van der Waals surface area contributed by atoms with Gasteiger partial charge in [-0.15, -0.1) is 0 Å². The van der Waals surface area contributed by atoms with Crippen LogP contribution in [0.5, 0.6) is 0 Å². The van der Waals surface area contributed by atoms with Gasteiger partial charge in [-0.3, -0.25) is 0 Å². The third-order valence-electron chi connectivity index (χ3n) is 5.03. The zero-order valence-electron chi connectivity index (χ0n) is 23.9. The fraction of sp³-hybridized carbons (Fsp3) is 1.00. The van der Waals surface area contributed by atoms with Crippen molar-refractivity contribution in [1.82, 2.24) is 0 Å². The minimum Gasteiger partial charge on any atom is -0.376 e. The highest BCUT2D eigenvalue weighted by atomic mass is 16.6. The molecule has 4 radical (unpaired) electrons. The Bertz CT molecular complexity index is 402. The van der Waals surface area contributed by atoms with Gasteiger partial charge in [0, 0.05) is 12.2 Å². The van der Waals surface area contributed by atoms with Crippen LogP contribution in [0.1, 0.15) is 82.1 Å². The Morgan fingerprint density at radius 3 is 1.00 bits per heavy atom. The van der Waals surface area contributed by atoms with Gasteiger partial charge in [-0.1, -0.05) is 26.5 Å². The van der Waals surface area contributed by atoms with E-state index in [1.165, 1.54) is 0 Å². The molecule has 0 amide bonds. The smallest absolute Gasteiger partial charge is 0.104 e. The summed E-state index contributed by atoms with van der Waals surface area (Å²) in [6.07, 6.45) is 3.99. The first kappa shape index (κ1) is 36.0. The molecular formula is C26H54B2O6. The molecule has 200 valence electrons. The Kier molecular flexibility index (Phi) is 24.7. The van der Waals surface area contributed by atoms with Crippen LogP contribution in [0, 0.1) is 0 Å². The lowest BCUT2D eigenvalue weighted by Gasteiger charge is -2.24. The van der Waals surface area contributed by atoms with Gasteiger partial charge in [-0.25, -0.2) is 0 Å². The topological polar surface area (TPSA) is 55.4 Å². The van der Waals surface area contributed by atoms with Crippen LogP contribution in [0.3, 0.4) is 0 Å². The van der Waals surface area contributed by atoms with Crippen molar-refractivity contribution in [2.45, 2.75) is 144 Å². The van der Waals surface area contributed by atoms with E-state index in [4.69, 9.17) is 44.1 Å². The predicted molar refractivity (Wildman–Crippen MR) is 143 cm³/mol. The molecule has 0 saturated heterocycles. The quantitative estimate of drug-likeness (QED) is 0.222. The largest absolute Gasteiger partial charge is 0.376 e. The van der Waals surface area contributed by atoms with Gasteiger partial charge in [0.15, 0.2) is 0 Å². The van der Waals surface area contributed by atoms with Crippen molar-refractivity contribution in [3.63, 3.8) is 0 Å². The molecule has 8 heteroatoms. The van der Waals surface area contributed by atoms with Crippen molar-refractivity contribution in [3.05, 3.63) is 0 Å². The zero-order chi connectivity index (χ0) is 26.5. The van der Waals surface area contributed by atoms with Crippen LogP contribution in [0.25, 0.3) is 0 Å². The number of hydrogen-bond donors (Lipinski definition) is 0. The first-order chi connectivity index (χ1) is 16.0. The molecule has 0 saturated carbocycles. The molecule has 4 atom stereocenters. The second kappa shape index (κ2) is 23.3. The van der Waals surface area contributed by atoms with E-state index in [-0.39, 0.29) is 48.8 Å². The van der Waals surface area contributed by atoms with E-state index in [1.54, 1.807) is 0 Å². The standard InChI is InChI=1S/C13H26B2O3.C13H28O3/c1-5-10(2)18-13(8-16-11(3)6-14)9-17-12(4)7-15;1-7-12(6)16-13(8-14-10(2)3)9-15-11(4)5/h10-13H,5-9H2,1-4H3;10-13H,7-9H2,1-6H3. The van der Waals surface area contributed by atoms with Crippen molar-refractivity contribution in [2.75, 3.05) is 26.4 Å². The molecule has 4 unspecified atom stereocenters. The molecule has 0 heterocycles. The Morgan fingerprint density at radius 2 is 0.765 bits per heavy atom. The second-order valence-corrected chi connectivity index (χ2v) is 9.48. The van der Waals surface area contributed by atoms with Gasteiger partial charge in [-0.05, 0) is 68.2 Å². The van der Waals surface area contributed by atoms with E-state index in [2.05, 4.69) is 20.8 Å². The Hall–Kier alpha value is -0.110. The minimum absolute atomic E-state index is 0.0414. The molecule has 0 N–H and O–H groups in total. The highest BCUT2D eigenvalue weighted by Crippen LogP contribution is 2.08. The van der Waals surface area contributed by atoms with Crippen molar-refractivity contribution < 1.29 is 28.4 Å². The summed E-state index contributed by atoms with van der Waals surface area (Å²) in [6.45, 7) is 22.6. The Balaban J connectivity index is 0. The summed E-state index contributed by atoms with van der Waals surface area (Å²) in [5.74, 6) is 0. The fourth-order valence-electron chi connectivity index (χ4n) is 2.38. The Labute approximate surface area is 214 Å². The summed E-state index contributed by atoms with van der Waals surface area (Å²) in [5.41, 5.74) is 0. The molecular weight excluding hydrogens is 430 g/mol. The molecule has 6 nitrogen and oxygen atoms in total. The Morgan fingerprint density at radius 1 is 0.471 bits per heavy atom. The summed E-state index contributed by atoms with van der Waals surface area (Å²) in [6, 6.07) is 0. The molecule has 0 aliphatic heterocycles. The monoisotopic (exact) mass is 484 g/mol. The molecule has 0 aliphatic carbocycles. The van der Waals surface area contributed by atoms with Crippen LogP contribution in [0.15, 0.2) is 0 Å². The predicted octanol–water partition coefficient (Wildman–Crippen LogP) is 5.17. The van der Waals surface area contributed by atoms with Gasteiger partial charge in [-0.2, -0.15) is 0 Å². The van der Waals surface area contributed by atoms with Gasteiger partial charge < -0.3 is 28.4 Å². The van der Waals surface area contributed by atoms with Crippen LogP contribution in [-0.4, -0.2) is 91.0 Å². The molecule has 0 aromatic rings. The third kappa shape index (κ3) is 23.6. The molecule has 0 spiro atoms. The van der Waals surface area contributed by atoms with Crippen LogP contribution in [-0.2, 0) is 28.4 Å². The van der Waals surface area contributed by atoms with Gasteiger partial charge in [0.05, 0.1) is 66.5 Å². The highest BCUT2D eigenvalue weighted by molar-refractivity contribution is 6.09. The summed E-state index contributed by atoms with van der Waals surface area (Å²) in [7, 11) is 11.0. The fourth-order valence-corrected chi connectivity index (χ4v) is 2.38. The lowest BCUT2D eigenvalue weighted by molar-refractivity contribution is -0.104. The third-order valence-corrected chi connectivity index (χ3v) is 5.03. The van der Waals surface area contributed by atoms with Crippen molar-refractivity contribution in [2.24, 2.45) is 0 Å². The average molecular weight is 484 g/mol. The van der Waals surface area contributed by atoms with Crippen molar-refractivity contribution in [1.29, 1.82) is 0 Å². The molecule has 0 aromatic carbocycles. The first-order valence-electron chi connectivity index (χ1n) is 13.2. The van der Waals surface area contributed by atoms with E-state index < -0.39 is 0 Å². The minimum atomic E-state index is -0.0667. The van der Waals surface area contributed by atoms with E-state index >= 15 is 0 Å². The van der Waals surface area contributed by atoms with Crippen LogP contribution >= 0.6 is 0 Å². The lowest BCUT2D eigenvalue weighted by Crippen LogP contribution is -2.32. The maximum atomic E-state index is 5.86. The maximum absolute atomic E-state index is 5.86. The van der Waals surface area contributed by atoms with E-state index in [1.807, 2.05) is 48.5 Å². The van der Waals surface area contributed by atoms with Crippen LogP contribution in [0.4, 0.5) is 0 Å². The van der Waals surface area contributed by atoms with Crippen molar-refractivity contribution in [3.8, 4) is 0 Å². The second-order valence-electron chi connectivity index (χ2n) is 9.48. The van der Waals surface area contributed by atoms with Gasteiger partial charge >= 0.3 is 0 Å². The lowest BCUT2D eigenvalue weighted by atomic mass is 10.0. The maximum Gasteiger partial charge on any atom is 0.104 e. The molecule has 34 heavy (non-hydrogen) atoms. The van der Waals surface area contributed by atoms with Crippen molar-refractivity contribution >= 4 is 15.7 Å². The molecule has 0 aromatic heterocycles. The summed E-state index contributed by atoms with van der Waals surface area (Å²) >= 11 is 0. The van der Waals surface area contributed by atoms with E-state index in [9.17, 15) is 0 Å². The summed E-state index contributed by atoms with van der Waals surface area (Å²) in [4.78, 5) is 0. The average Bonchev–Trinajstić information content (AvgIpc) is 2.81. The van der Waals surface area contributed by atoms with Gasteiger partial charge in [0.1, 0.15) is 12.2 Å². The normalized spacial score (nSPS) is 16.3. The highest BCUT2D eigenvalue weighted by Gasteiger charge is 2.16.